The van der Waals surface area contributed by atoms with Crippen LogP contribution < -0.4 is 19.1 Å². The number of ketones is 1. The zero-order chi connectivity index (χ0) is 27.6. The molecule has 1 amide bonds. The first kappa shape index (κ1) is 26.8. The van der Waals surface area contributed by atoms with Gasteiger partial charge in [0.2, 0.25) is 0 Å². The van der Waals surface area contributed by atoms with Gasteiger partial charge in [0, 0.05) is 17.3 Å². The third-order valence-electron chi connectivity index (χ3n) is 6.13. The normalized spacial score (nSPS) is 16.8. The van der Waals surface area contributed by atoms with Gasteiger partial charge in [-0.1, -0.05) is 18.2 Å². The van der Waals surface area contributed by atoms with Gasteiger partial charge < -0.3 is 19.3 Å². The molecule has 198 valence electrons. The van der Waals surface area contributed by atoms with Crippen LogP contribution in [0, 0.1) is 6.92 Å². The second-order valence-electron chi connectivity index (χ2n) is 9.76. The van der Waals surface area contributed by atoms with Crippen LogP contribution >= 0.6 is 0 Å². The van der Waals surface area contributed by atoms with Gasteiger partial charge in [-0.25, -0.2) is 0 Å². The standard InChI is InChI=1S/C31H33NO6/c1-18(2)37-25-12-7-9-21(16-25)28-27(29(33)22-13-14-26(20(5)15-22)38-19(3)4)30(34)31(35)32(28)23-10-8-11-24(17-23)36-6/h7-19,28,33H,1-6H3/b29-27+. The molecule has 1 unspecified atom stereocenters. The highest BCUT2D eigenvalue weighted by molar-refractivity contribution is 6.51. The quantitative estimate of drug-likeness (QED) is 0.218. The van der Waals surface area contributed by atoms with Crippen molar-refractivity contribution >= 4 is 23.1 Å². The van der Waals surface area contributed by atoms with E-state index in [1.165, 1.54) is 12.0 Å². The minimum atomic E-state index is -0.885. The summed E-state index contributed by atoms with van der Waals surface area (Å²) in [5.74, 6) is 0.0508. The van der Waals surface area contributed by atoms with E-state index in [0.717, 1.165) is 5.56 Å². The van der Waals surface area contributed by atoms with Gasteiger partial charge in [-0.2, -0.15) is 0 Å². The summed E-state index contributed by atoms with van der Waals surface area (Å²) in [5.41, 5.74) is 2.32. The lowest BCUT2D eigenvalue weighted by Gasteiger charge is -2.26. The molecule has 0 bridgehead atoms. The van der Waals surface area contributed by atoms with E-state index in [4.69, 9.17) is 14.2 Å². The summed E-state index contributed by atoms with van der Waals surface area (Å²) in [5, 5.41) is 11.5. The number of benzene rings is 3. The lowest BCUT2D eigenvalue weighted by atomic mass is 9.94. The molecule has 1 fully saturated rings. The average Bonchev–Trinajstić information content (AvgIpc) is 3.14. The molecule has 0 aliphatic carbocycles. The Hall–Kier alpha value is -4.26. The Balaban J connectivity index is 1.91. The topological polar surface area (TPSA) is 85.3 Å². The fourth-order valence-corrected chi connectivity index (χ4v) is 4.54. The first-order chi connectivity index (χ1) is 18.1. The van der Waals surface area contributed by atoms with Crippen LogP contribution in [0.15, 0.2) is 72.3 Å². The molecule has 0 radical (unpaired) electrons. The minimum Gasteiger partial charge on any atom is -0.507 e. The van der Waals surface area contributed by atoms with E-state index >= 15 is 0 Å². The van der Waals surface area contributed by atoms with Crippen LogP contribution in [0.3, 0.4) is 0 Å². The molecule has 38 heavy (non-hydrogen) atoms. The SMILES string of the molecule is COc1cccc(N2C(=O)C(=O)/C(=C(/O)c3ccc(OC(C)C)c(C)c3)C2c2cccc(OC(C)C)c2)c1. The Labute approximate surface area is 223 Å². The van der Waals surface area contributed by atoms with Gasteiger partial charge in [-0.3, -0.25) is 14.5 Å². The molecule has 3 aromatic carbocycles. The molecule has 1 atom stereocenters. The number of nitrogens with zero attached hydrogens (tertiary/aromatic N) is 1. The molecule has 1 N–H and O–H groups in total. The summed E-state index contributed by atoms with van der Waals surface area (Å²) in [6, 6.07) is 18.5. The average molecular weight is 516 g/mol. The van der Waals surface area contributed by atoms with Crippen molar-refractivity contribution in [2.75, 3.05) is 12.0 Å². The van der Waals surface area contributed by atoms with Crippen LogP contribution in [0.4, 0.5) is 5.69 Å². The van der Waals surface area contributed by atoms with Crippen LogP contribution in [-0.2, 0) is 9.59 Å². The number of hydrogen-bond acceptors (Lipinski definition) is 6. The Morgan fingerprint density at radius 1 is 0.868 bits per heavy atom. The van der Waals surface area contributed by atoms with Crippen LogP contribution in [0.25, 0.3) is 5.76 Å². The van der Waals surface area contributed by atoms with Gasteiger partial charge in [-0.05, 0) is 88.2 Å². The smallest absolute Gasteiger partial charge is 0.300 e. The third-order valence-corrected chi connectivity index (χ3v) is 6.13. The summed E-state index contributed by atoms with van der Waals surface area (Å²) in [7, 11) is 1.53. The Morgan fingerprint density at radius 2 is 1.55 bits per heavy atom. The molecular formula is C31H33NO6. The summed E-state index contributed by atoms with van der Waals surface area (Å²) < 4.78 is 17.1. The van der Waals surface area contributed by atoms with E-state index in [1.54, 1.807) is 54.6 Å². The van der Waals surface area contributed by atoms with E-state index in [0.29, 0.717) is 34.1 Å². The minimum absolute atomic E-state index is 0.00329. The van der Waals surface area contributed by atoms with Crippen molar-refractivity contribution in [1.29, 1.82) is 0 Å². The van der Waals surface area contributed by atoms with Gasteiger partial charge in [-0.15, -0.1) is 0 Å². The Morgan fingerprint density at radius 3 is 2.21 bits per heavy atom. The predicted molar refractivity (Wildman–Crippen MR) is 147 cm³/mol. The van der Waals surface area contributed by atoms with Crippen molar-refractivity contribution in [2.45, 2.75) is 52.9 Å². The number of aliphatic hydroxyl groups is 1. The number of rotatable bonds is 8. The second kappa shape index (κ2) is 11.0. The van der Waals surface area contributed by atoms with Crippen molar-refractivity contribution in [3.8, 4) is 17.2 Å². The fourth-order valence-electron chi connectivity index (χ4n) is 4.54. The molecule has 3 aromatic rings. The highest BCUT2D eigenvalue weighted by Crippen LogP contribution is 2.43. The lowest BCUT2D eigenvalue weighted by molar-refractivity contribution is -0.132. The Kier molecular flexibility index (Phi) is 7.76. The van der Waals surface area contributed by atoms with E-state index in [9.17, 15) is 14.7 Å². The number of amides is 1. The number of hydrogen-bond donors (Lipinski definition) is 1. The number of aliphatic hydroxyl groups excluding tert-OH is 1. The number of carbonyl (C=O) groups excluding carboxylic acids is 2. The molecule has 0 saturated carbocycles. The van der Waals surface area contributed by atoms with Crippen molar-refractivity contribution in [3.05, 3.63) is 89.0 Å². The molecule has 0 aromatic heterocycles. The number of Topliss-reactive ketones (excluding diaryl/α,β-unsaturated/α-hetero) is 1. The lowest BCUT2D eigenvalue weighted by Crippen LogP contribution is -2.29. The third kappa shape index (κ3) is 5.37. The zero-order valence-electron chi connectivity index (χ0n) is 22.5. The van der Waals surface area contributed by atoms with E-state index < -0.39 is 17.7 Å². The van der Waals surface area contributed by atoms with Gasteiger partial charge in [0.25, 0.3) is 11.7 Å². The monoisotopic (exact) mass is 515 g/mol. The molecule has 7 heteroatoms. The van der Waals surface area contributed by atoms with Crippen molar-refractivity contribution in [2.24, 2.45) is 0 Å². The summed E-state index contributed by atoms with van der Waals surface area (Å²) in [6.45, 7) is 9.58. The van der Waals surface area contributed by atoms with E-state index in [-0.39, 0.29) is 23.5 Å². The number of anilines is 1. The van der Waals surface area contributed by atoms with Crippen LogP contribution in [-0.4, -0.2) is 36.1 Å². The molecule has 7 nitrogen and oxygen atoms in total. The van der Waals surface area contributed by atoms with E-state index in [2.05, 4.69) is 0 Å². The van der Waals surface area contributed by atoms with Crippen LogP contribution in [0.2, 0.25) is 0 Å². The number of carbonyl (C=O) groups is 2. The summed E-state index contributed by atoms with van der Waals surface area (Å²) >= 11 is 0. The molecule has 1 aliphatic rings. The molecule has 1 aliphatic heterocycles. The number of methoxy groups -OCH3 is 1. The second-order valence-corrected chi connectivity index (χ2v) is 9.76. The largest absolute Gasteiger partial charge is 0.507 e. The number of aryl methyl sites for hydroxylation is 1. The van der Waals surface area contributed by atoms with Crippen molar-refractivity contribution in [3.63, 3.8) is 0 Å². The highest BCUT2D eigenvalue weighted by Gasteiger charge is 2.47. The summed E-state index contributed by atoms with van der Waals surface area (Å²) in [4.78, 5) is 28.4. The first-order valence-electron chi connectivity index (χ1n) is 12.6. The van der Waals surface area contributed by atoms with Crippen molar-refractivity contribution < 1.29 is 28.9 Å². The maximum absolute atomic E-state index is 13.5. The maximum atomic E-state index is 13.5. The highest BCUT2D eigenvalue weighted by atomic mass is 16.5. The van der Waals surface area contributed by atoms with Crippen molar-refractivity contribution in [1.82, 2.24) is 0 Å². The molecule has 4 rings (SSSR count). The van der Waals surface area contributed by atoms with Crippen LogP contribution in [0.5, 0.6) is 17.2 Å². The zero-order valence-corrected chi connectivity index (χ0v) is 22.5. The first-order valence-corrected chi connectivity index (χ1v) is 12.6. The van der Waals surface area contributed by atoms with Gasteiger partial charge in [0.15, 0.2) is 0 Å². The van der Waals surface area contributed by atoms with Crippen LogP contribution in [0.1, 0.15) is 50.4 Å². The van der Waals surface area contributed by atoms with E-state index in [1.807, 2.05) is 46.8 Å². The molecule has 0 spiro atoms. The summed E-state index contributed by atoms with van der Waals surface area (Å²) in [6.07, 6.45) is -0.0776. The predicted octanol–water partition coefficient (Wildman–Crippen LogP) is 6.20. The molecular weight excluding hydrogens is 482 g/mol. The molecule has 1 heterocycles. The fraction of sp³-hybridized carbons (Fsp3) is 0.290. The number of ether oxygens (including phenoxy) is 3. The molecule has 1 saturated heterocycles. The Bertz CT molecular complexity index is 1390. The van der Waals surface area contributed by atoms with Gasteiger partial charge >= 0.3 is 0 Å². The van der Waals surface area contributed by atoms with Gasteiger partial charge in [0.1, 0.15) is 23.0 Å². The maximum Gasteiger partial charge on any atom is 0.300 e. The van der Waals surface area contributed by atoms with Gasteiger partial charge in [0.05, 0.1) is 30.9 Å².